The highest BCUT2D eigenvalue weighted by Crippen LogP contribution is 1.92. The molecule has 11 heavy (non-hydrogen) atoms. The van der Waals surface area contributed by atoms with Crippen LogP contribution in [0, 0.1) is 0 Å². The van der Waals surface area contributed by atoms with E-state index in [4.69, 9.17) is 0 Å². The van der Waals surface area contributed by atoms with Gasteiger partial charge in [-0.2, -0.15) is 0 Å². The predicted molar refractivity (Wildman–Crippen MR) is 44.9 cm³/mol. The minimum atomic E-state index is -0.374. The van der Waals surface area contributed by atoms with Gasteiger partial charge in [-0.05, 0) is 6.42 Å². The topological polar surface area (TPSA) is 38.7 Å². The van der Waals surface area contributed by atoms with Crippen LogP contribution in [0.25, 0.3) is 0 Å². The summed E-state index contributed by atoms with van der Waals surface area (Å²) < 4.78 is 4.37. The summed E-state index contributed by atoms with van der Waals surface area (Å²) >= 11 is 0. The van der Waals surface area contributed by atoms with Gasteiger partial charge in [-0.25, -0.2) is 4.79 Å². The van der Waals surface area contributed by atoms with Gasteiger partial charge in [0.1, 0.15) is 6.21 Å². The lowest BCUT2D eigenvalue weighted by molar-refractivity contribution is -0.132. The van der Waals surface area contributed by atoms with Crippen molar-refractivity contribution in [3.8, 4) is 0 Å². The lowest BCUT2D eigenvalue weighted by atomic mass is 10.2. The molecule has 64 valence electrons. The summed E-state index contributed by atoms with van der Waals surface area (Å²) in [5.74, 6) is -0.374. The summed E-state index contributed by atoms with van der Waals surface area (Å²) in [7, 11) is 1.35. The Balaban J connectivity index is 3.22. The first kappa shape index (κ1) is 10.1. The average Bonchev–Trinajstić information content (AvgIpc) is 2.04. The summed E-state index contributed by atoms with van der Waals surface area (Å²) in [6.45, 7) is 2.85. The third kappa shape index (κ3) is 7.03. The standard InChI is InChI=1S/C8H15NO2/c1-3-4-5-6-9-7-8(10)11-2/h7H,3-6H2,1-2H3. The van der Waals surface area contributed by atoms with Crippen LogP contribution >= 0.6 is 0 Å². The fraction of sp³-hybridized carbons (Fsp3) is 0.750. The molecule has 0 unspecified atom stereocenters. The smallest absolute Gasteiger partial charge is 0.348 e. The first-order valence-corrected chi connectivity index (χ1v) is 3.89. The van der Waals surface area contributed by atoms with Crippen molar-refractivity contribution in [3.05, 3.63) is 0 Å². The second kappa shape index (κ2) is 7.25. The number of rotatable bonds is 5. The zero-order valence-corrected chi connectivity index (χ0v) is 7.17. The molecule has 3 heteroatoms. The number of unbranched alkanes of at least 4 members (excludes halogenated alkanes) is 2. The molecule has 3 nitrogen and oxygen atoms in total. The van der Waals surface area contributed by atoms with Gasteiger partial charge >= 0.3 is 5.97 Å². The van der Waals surface area contributed by atoms with Crippen molar-refractivity contribution < 1.29 is 9.53 Å². The number of carbonyl (C=O) groups is 1. The van der Waals surface area contributed by atoms with Crippen LogP contribution in [-0.4, -0.2) is 25.8 Å². The summed E-state index contributed by atoms with van der Waals surface area (Å²) in [6.07, 6.45) is 4.62. The first-order valence-electron chi connectivity index (χ1n) is 3.89. The van der Waals surface area contributed by atoms with Crippen molar-refractivity contribution >= 4 is 12.2 Å². The summed E-state index contributed by atoms with van der Waals surface area (Å²) in [6, 6.07) is 0. The minimum absolute atomic E-state index is 0.374. The Kier molecular flexibility index (Phi) is 6.68. The molecule has 0 saturated heterocycles. The van der Waals surface area contributed by atoms with E-state index in [0.29, 0.717) is 0 Å². The van der Waals surface area contributed by atoms with Crippen LogP contribution < -0.4 is 0 Å². The number of hydrogen-bond acceptors (Lipinski definition) is 3. The zero-order valence-electron chi connectivity index (χ0n) is 7.17. The molecule has 0 aliphatic carbocycles. The molecule has 0 aromatic rings. The number of carbonyl (C=O) groups excluding carboxylic acids is 1. The van der Waals surface area contributed by atoms with Crippen molar-refractivity contribution in [1.82, 2.24) is 0 Å². The summed E-state index contributed by atoms with van der Waals surface area (Å²) in [5.41, 5.74) is 0. The fourth-order valence-corrected chi connectivity index (χ4v) is 0.645. The maximum absolute atomic E-state index is 10.5. The molecule has 0 spiro atoms. The third-order valence-corrected chi connectivity index (χ3v) is 1.29. The highest BCUT2D eigenvalue weighted by atomic mass is 16.5. The molecule has 0 rings (SSSR count). The molecule has 0 radical (unpaired) electrons. The Labute approximate surface area is 67.5 Å². The van der Waals surface area contributed by atoms with Gasteiger partial charge in [0.2, 0.25) is 0 Å². The third-order valence-electron chi connectivity index (χ3n) is 1.29. The monoisotopic (exact) mass is 157 g/mol. The molecule has 0 aromatic carbocycles. The number of methoxy groups -OCH3 is 1. The van der Waals surface area contributed by atoms with Crippen LogP contribution in [0.4, 0.5) is 0 Å². The van der Waals surface area contributed by atoms with Gasteiger partial charge in [0.15, 0.2) is 0 Å². The van der Waals surface area contributed by atoms with Gasteiger partial charge < -0.3 is 4.74 Å². The molecule has 0 bridgehead atoms. The van der Waals surface area contributed by atoms with Gasteiger partial charge in [0.25, 0.3) is 0 Å². The van der Waals surface area contributed by atoms with Crippen molar-refractivity contribution in [2.75, 3.05) is 13.7 Å². The van der Waals surface area contributed by atoms with Crippen molar-refractivity contribution in [2.24, 2.45) is 4.99 Å². The Bertz CT molecular complexity index is 132. The highest BCUT2D eigenvalue weighted by molar-refractivity contribution is 6.23. The highest BCUT2D eigenvalue weighted by Gasteiger charge is 1.89. The second-order valence-corrected chi connectivity index (χ2v) is 2.27. The zero-order chi connectivity index (χ0) is 8.53. The van der Waals surface area contributed by atoms with Gasteiger partial charge in [-0.15, -0.1) is 0 Å². The molecule has 0 aliphatic heterocycles. The first-order chi connectivity index (χ1) is 5.31. The Hall–Kier alpha value is -0.860. The average molecular weight is 157 g/mol. The molecule has 0 atom stereocenters. The molecule has 0 aliphatic rings. The molecule has 0 amide bonds. The lowest BCUT2D eigenvalue weighted by Crippen LogP contribution is -2.01. The molecular weight excluding hydrogens is 142 g/mol. The van der Waals surface area contributed by atoms with E-state index in [2.05, 4.69) is 16.7 Å². The fourth-order valence-electron chi connectivity index (χ4n) is 0.645. The van der Waals surface area contributed by atoms with Gasteiger partial charge in [-0.3, -0.25) is 4.99 Å². The van der Waals surface area contributed by atoms with Crippen molar-refractivity contribution in [2.45, 2.75) is 26.2 Å². The quantitative estimate of drug-likeness (QED) is 0.344. The predicted octanol–water partition coefficient (Wildman–Crippen LogP) is 1.42. The number of nitrogens with zero attached hydrogens (tertiary/aromatic N) is 1. The van der Waals surface area contributed by atoms with Crippen molar-refractivity contribution in [1.29, 1.82) is 0 Å². The van der Waals surface area contributed by atoms with Crippen LogP contribution in [0.15, 0.2) is 4.99 Å². The van der Waals surface area contributed by atoms with Crippen LogP contribution in [0.2, 0.25) is 0 Å². The Morgan fingerprint density at radius 3 is 2.82 bits per heavy atom. The van der Waals surface area contributed by atoms with E-state index in [1.54, 1.807) is 0 Å². The van der Waals surface area contributed by atoms with Crippen molar-refractivity contribution in [3.63, 3.8) is 0 Å². The van der Waals surface area contributed by atoms with E-state index in [0.717, 1.165) is 13.0 Å². The Morgan fingerprint density at radius 2 is 2.27 bits per heavy atom. The number of aliphatic imine (C=N–C) groups is 1. The largest absolute Gasteiger partial charge is 0.465 e. The molecule has 0 aromatic heterocycles. The van der Waals surface area contributed by atoms with E-state index in [1.807, 2.05) is 0 Å². The number of hydrogen-bond donors (Lipinski definition) is 0. The van der Waals surface area contributed by atoms with Crippen LogP contribution in [-0.2, 0) is 9.53 Å². The second-order valence-electron chi connectivity index (χ2n) is 2.27. The molecule has 0 heterocycles. The SMILES string of the molecule is CCCCCN=CC(=O)OC. The number of esters is 1. The van der Waals surface area contributed by atoms with E-state index in [-0.39, 0.29) is 5.97 Å². The minimum Gasteiger partial charge on any atom is -0.465 e. The Morgan fingerprint density at radius 1 is 1.55 bits per heavy atom. The number of ether oxygens (including phenoxy) is 1. The van der Waals surface area contributed by atoms with E-state index in [1.165, 1.54) is 26.2 Å². The maximum Gasteiger partial charge on any atom is 0.348 e. The van der Waals surface area contributed by atoms with Gasteiger partial charge in [0, 0.05) is 6.54 Å². The molecule has 0 saturated carbocycles. The van der Waals surface area contributed by atoms with Crippen LogP contribution in [0.5, 0.6) is 0 Å². The molecular formula is C8H15NO2. The normalized spacial score (nSPS) is 10.4. The van der Waals surface area contributed by atoms with Crippen LogP contribution in [0.3, 0.4) is 0 Å². The maximum atomic E-state index is 10.5. The van der Waals surface area contributed by atoms with Gasteiger partial charge in [-0.1, -0.05) is 19.8 Å². The lowest BCUT2D eigenvalue weighted by Gasteiger charge is -1.91. The summed E-state index contributed by atoms with van der Waals surface area (Å²) in [5, 5.41) is 0. The van der Waals surface area contributed by atoms with E-state index in [9.17, 15) is 4.79 Å². The molecule has 0 N–H and O–H groups in total. The molecule has 0 fully saturated rings. The van der Waals surface area contributed by atoms with E-state index < -0.39 is 0 Å². The van der Waals surface area contributed by atoms with Crippen LogP contribution in [0.1, 0.15) is 26.2 Å². The van der Waals surface area contributed by atoms with Gasteiger partial charge in [0.05, 0.1) is 7.11 Å². The van der Waals surface area contributed by atoms with E-state index >= 15 is 0 Å². The summed E-state index contributed by atoms with van der Waals surface area (Å²) in [4.78, 5) is 14.4.